The maximum Gasteiger partial charge on any atom is 0.311 e. The zero-order chi connectivity index (χ0) is 13.1. The number of nitrogens with one attached hydrogen (secondary N) is 1. The summed E-state index contributed by atoms with van der Waals surface area (Å²) in [5.74, 6) is -1.41. The number of anilines is 1. The van der Waals surface area contributed by atoms with Crippen LogP contribution >= 0.6 is 15.9 Å². The van der Waals surface area contributed by atoms with Crippen LogP contribution in [0.15, 0.2) is 22.7 Å². The first-order chi connectivity index (χ1) is 8.61. The largest absolute Gasteiger partial charge is 0.481 e. The Kier molecular flexibility index (Phi) is 3.84. The summed E-state index contributed by atoms with van der Waals surface area (Å²) in [6, 6.07) is 6.99. The molecule has 1 saturated heterocycles. The number of rotatable bonds is 3. The molecular formula is C12H11BrN2O3. The molecule has 0 spiro atoms. The van der Waals surface area contributed by atoms with Crippen LogP contribution in [0.3, 0.4) is 0 Å². The highest BCUT2D eigenvalue weighted by Gasteiger charge is 2.33. The summed E-state index contributed by atoms with van der Waals surface area (Å²) in [6.07, 6.45) is 0. The fourth-order valence-electron chi connectivity index (χ4n) is 1.85. The molecule has 1 aliphatic heterocycles. The molecule has 0 aromatic heterocycles. The predicted molar refractivity (Wildman–Crippen MR) is 68.2 cm³/mol. The molecule has 0 aliphatic carbocycles. The molecule has 2 rings (SSSR count). The molecule has 5 nitrogen and oxygen atoms in total. The normalized spacial score (nSPS) is 22.4. The average Bonchev–Trinajstić information content (AvgIpc) is 2.77. The van der Waals surface area contributed by atoms with Gasteiger partial charge < -0.3 is 15.2 Å². The van der Waals surface area contributed by atoms with Crippen molar-refractivity contribution < 1.29 is 14.6 Å². The van der Waals surface area contributed by atoms with Gasteiger partial charge in [-0.05, 0) is 34.1 Å². The Balaban J connectivity index is 2.12. The second kappa shape index (κ2) is 5.38. The number of hydrogen-bond donors (Lipinski definition) is 2. The molecule has 2 atom stereocenters. The van der Waals surface area contributed by atoms with Crippen LogP contribution in [-0.2, 0) is 9.53 Å². The zero-order valence-electron chi connectivity index (χ0n) is 9.39. The predicted octanol–water partition coefficient (Wildman–Crippen LogP) is 1.83. The van der Waals surface area contributed by atoms with Gasteiger partial charge in [-0.3, -0.25) is 4.79 Å². The Morgan fingerprint density at radius 1 is 1.56 bits per heavy atom. The van der Waals surface area contributed by atoms with Crippen LogP contribution in [0.5, 0.6) is 0 Å². The molecule has 0 radical (unpaired) electrons. The van der Waals surface area contributed by atoms with Crippen LogP contribution in [0.1, 0.15) is 5.56 Å². The van der Waals surface area contributed by atoms with Crippen LogP contribution in [0.4, 0.5) is 5.69 Å². The number of carbonyl (C=O) groups is 1. The highest BCUT2D eigenvalue weighted by Crippen LogP contribution is 2.24. The lowest BCUT2D eigenvalue weighted by Gasteiger charge is -2.17. The Labute approximate surface area is 112 Å². The summed E-state index contributed by atoms with van der Waals surface area (Å²) in [6.45, 7) is 0.596. The van der Waals surface area contributed by atoms with Crippen LogP contribution in [0.2, 0.25) is 0 Å². The number of nitrogens with zero attached hydrogens (tertiary/aromatic N) is 1. The maximum atomic E-state index is 11.0. The molecule has 0 amide bonds. The molecule has 18 heavy (non-hydrogen) atoms. The van der Waals surface area contributed by atoms with Crippen LogP contribution in [0, 0.1) is 17.2 Å². The molecule has 0 bridgehead atoms. The third kappa shape index (κ3) is 2.63. The smallest absolute Gasteiger partial charge is 0.311 e. The Bertz CT molecular complexity index is 513. The van der Waals surface area contributed by atoms with Crippen LogP contribution in [0.25, 0.3) is 0 Å². The number of carboxylic acid groups (broad SMARTS) is 1. The van der Waals surface area contributed by atoms with Crippen molar-refractivity contribution in [1.29, 1.82) is 5.26 Å². The number of nitriles is 1. The molecular weight excluding hydrogens is 300 g/mol. The molecule has 1 heterocycles. The SMILES string of the molecule is N#Cc1ccc(NC2COCC2C(=O)O)cc1Br. The van der Waals surface area contributed by atoms with E-state index in [2.05, 4.69) is 21.2 Å². The first-order valence-electron chi connectivity index (χ1n) is 5.38. The van der Waals surface area contributed by atoms with Crippen molar-refractivity contribution in [3.63, 3.8) is 0 Å². The lowest BCUT2D eigenvalue weighted by molar-refractivity contribution is -0.141. The minimum Gasteiger partial charge on any atom is -0.481 e. The fraction of sp³-hybridized carbons (Fsp3) is 0.333. The van der Waals surface area contributed by atoms with Crippen molar-refractivity contribution in [2.45, 2.75) is 6.04 Å². The Morgan fingerprint density at radius 2 is 2.33 bits per heavy atom. The highest BCUT2D eigenvalue weighted by molar-refractivity contribution is 9.10. The minimum atomic E-state index is -0.863. The molecule has 6 heteroatoms. The van der Waals surface area contributed by atoms with E-state index in [0.29, 0.717) is 16.6 Å². The third-order valence-electron chi connectivity index (χ3n) is 2.84. The van der Waals surface area contributed by atoms with Gasteiger partial charge in [0.25, 0.3) is 0 Å². The number of hydrogen-bond acceptors (Lipinski definition) is 4. The summed E-state index contributed by atoms with van der Waals surface area (Å²) >= 11 is 3.29. The molecule has 2 unspecified atom stereocenters. The van der Waals surface area contributed by atoms with E-state index in [-0.39, 0.29) is 12.6 Å². The van der Waals surface area contributed by atoms with E-state index < -0.39 is 11.9 Å². The molecule has 1 aromatic rings. The van der Waals surface area contributed by atoms with Gasteiger partial charge in [-0.25, -0.2) is 0 Å². The molecule has 0 saturated carbocycles. The van der Waals surface area contributed by atoms with Gasteiger partial charge in [-0.2, -0.15) is 5.26 Å². The number of halogens is 1. The van der Waals surface area contributed by atoms with Crippen molar-refractivity contribution in [3.05, 3.63) is 28.2 Å². The summed E-state index contributed by atoms with van der Waals surface area (Å²) in [7, 11) is 0. The zero-order valence-corrected chi connectivity index (χ0v) is 11.0. The van der Waals surface area contributed by atoms with E-state index in [1.54, 1.807) is 18.2 Å². The monoisotopic (exact) mass is 310 g/mol. The third-order valence-corrected chi connectivity index (χ3v) is 3.50. The second-order valence-electron chi connectivity index (χ2n) is 4.04. The fourth-order valence-corrected chi connectivity index (χ4v) is 2.32. The van der Waals surface area contributed by atoms with Gasteiger partial charge in [-0.15, -0.1) is 0 Å². The number of benzene rings is 1. The molecule has 1 aromatic carbocycles. The van der Waals surface area contributed by atoms with E-state index in [4.69, 9.17) is 15.1 Å². The summed E-state index contributed by atoms with van der Waals surface area (Å²) in [5.41, 5.74) is 1.31. The van der Waals surface area contributed by atoms with E-state index in [1.165, 1.54) is 0 Å². The van der Waals surface area contributed by atoms with Gasteiger partial charge in [0.05, 0.1) is 24.8 Å². The average molecular weight is 311 g/mol. The van der Waals surface area contributed by atoms with Crippen molar-refractivity contribution >= 4 is 27.6 Å². The lowest BCUT2D eigenvalue weighted by atomic mass is 10.0. The van der Waals surface area contributed by atoms with E-state index in [0.717, 1.165) is 5.69 Å². The summed E-state index contributed by atoms with van der Waals surface area (Å²) < 4.78 is 5.85. The van der Waals surface area contributed by atoms with Gasteiger partial charge in [0.15, 0.2) is 0 Å². The number of carboxylic acids is 1. The number of aliphatic carboxylic acids is 1. The highest BCUT2D eigenvalue weighted by atomic mass is 79.9. The van der Waals surface area contributed by atoms with Crippen molar-refractivity contribution in [2.75, 3.05) is 18.5 Å². The molecule has 1 aliphatic rings. The topological polar surface area (TPSA) is 82.3 Å². The summed E-state index contributed by atoms with van der Waals surface area (Å²) in [4.78, 5) is 11.0. The van der Waals surface area contributed by atoms with E-state index >= 15 is 0 Å². The van der Waals surface area contributed by atoms with Crippen LogP contribution < -0.4 is 5.32 Å². The van der Waals surface area contributed by atoms with E-state index in [9.17, 15) is 4.79 Å². The standard InChI is InChI=1S/C12H11BrN2O3/c13-10-3-8(2-1-7(10)4-14)15-11-6-18-5-9(11)12(16)17/h1-3,9,11,15H,5-6H2,(H,16,17). The van der Waals surface area contributed by atoms with Gasteiger partial charge in [0.2, 0.25) is 0 Å². The van der Waals surface area contributed by atoms with Crippen LogP contribution in [-0.4, -0.2) is 30.3 Å². The molecule has 1 fully saturated rings. The summed E-state index contributed by atoms with van der Waals surface area (Å²) in [5, 5.41) is 21.0. The quantitative estimate of drug-likeness (QED) is 0.890. The maximum absolute atomic E-state index is 11.0. The minimum absolute atomic E-state index is 0.227. The van der Waals surface area contributed by atoms with Crippen molar-refractivity contribution in [1.82, 2.24) is 0 Å². The molecule has 2 N–H and O–H groups in total. The Hall–Kier alpha value is -1.58. The molecule has 94 valence electrons. The van der Waals surface area contributed by atoms with E-state index in [1.807, 2.05) is 6.07 Å². The van der Waals surface area contributed by atoms with Crippen molar-refractivity contribution in [2.24, 2.45) is 5.92 Å². The lowest BCUT2D eigenvalue weighted by Crippen LogP contribution is -2.33. The first kappa shape index (κ1) is 12.9. The number of ether oxygens (including phenoxy) is 1. The van der Waals surface area contributed by atoms with Gasteiger partial charge in [0.1, 0.15) is 12.0 Å². The Morgan fingerprint density at radius 3 is 2.94 bits per heavy atom. The second-order valence-corrected chi connectivity index (χ2v) is 4.89. The van der Waals surface area contributed by atoms with Gasteiger partial charge >= 0.3 is 5.97 Å². The van der Waals surface area contributed by atoms with Gasteiger partial charge in [-0.1, -0.05) is 0 Å². The van der Waals surface area contributed by atoms with Crippen molar-refractivity contribution in [3.8, 4) is 6.07 Å². The van der Waals surface area contributed by atoms with Gasteiger partial charge in [0, 0.05) is 10.2 Å². The first-order valence-corrected chi connectivity index (χ1v) is 6.18.